The molecule has 1 aliphatic carbocycles. The van der Waals surface area contributed by atoms with Gasteiger partial charge in [-0.3, -0.25) is 0 Å². The molecule has 0 nitrogen and oxygen atoms in total. The van der Waals surface area contributed by atoms with Gasteiger partial charge in [-0.15, -0.1) is 84.1 Å². The van der Waals surface area contributed by atoms with E-state index in [-0.39, 0.29) is 30.2 Å². The van der Waals surface area contributed by atoms with Crippen molar-refractivity contribution < 1.29 is 23.3 Å². The van der Waals surface area contributed by atoms with E-state index in [0.29, 0.717) is 5.92 Å². The standard InChI is InChI=1S/C12H13.2C9H7.C2H6Si.2ClH.Zr/c1-2-5-10-8-9-11-6-3-4-7-12(10)11;2*1-2-5-9-7-3-6-8(9)4-1;1-3-2;;;/h3-4,6-10H,1-2,5H2;2*1-7H;1-2H3;2*1H;/q3*-1;;;;. The fraction of sp³-hybridized carbons (Fsp3) is 0.156. The summed E-state index contributed by atoms with van der Waals surface area (Å²) in [4.78, 5) is 0. The molecule has 36 heavy (non-hydrogen) atoms. The van der Waals surface area contributed by atoms with Gasteiger partial charge in [0.15, 0.2) is 0 Å². The minimum atomic E-state index is 0. The third-order valence-electron chi connectivity index (χ3n) is 5.51. The third kappa shape index (κ3) is 10.3. The molecule has 1 aliphatic rings. The van der Waals surface area contributed by atoms with Crippen molar-refractivity contribution in [1.82, 2.24) is 0 Å². The van der Waals surface area contributed by atoms with Crippen LogP contribution in [-0.2, 0) is 23.3 Å². The molecule has 0 radical (unpaired) electrons. The van der Waals surface area contributed by atoms with E-state index in [1.807, 2.05) is 0 Å². The minimum Gasteiger partial charge on any atom is -0.343 e. The van der Waals surface area contributed by atoms with Crippen LogP contribution in [0.3, 0.4) is 0 Å². The Morgan fingerprint density at radius 3 is 1.72 bits per heavy atom. The summed E-state index contributed by atoms with van der Waals surface area (Å²) in [5.74, 6) is 0.624. The Kier molecular flexibility index (Phi) is 15.9. The van der Waals surface area contributed by atoms with E-state index in [4.69, 9.17) is 0 Å². The SMILES string of the molecule is C[Si](C)=[Zr].Cl.Cl.[CH2-]CCC1C=Cc2ccccc21.c1ccc2[cH-]ccc2c1.c1ccc2[cH-]ccc2c1. The van der Waals surface area contributed by atoms with Gasteiger partial charge in [-0.25, -0.2) is 0 Å². The number of fused-ring (bicyclic) bond motifs is 3. The van der Waals surface area contributed by atoms with E-state index >= 15 is 0 Å². The smallest absolute Gasteiger partial charge is 0.000289 e. The van der Waals surface area contributed by atoms with Crippen molar-refractivity contribution in [1.29, 1.82) is 0 Å². The van der Waals surface area contributed by atoms with Gasteiger partial charge >= 0.3 is 41.9 Å². The van der Waals surface area contributed by atoms with Crippen LogP contribution in [0, 0.1) is 6.92 Å². The number of allylic oxidation sites excluding steroid dienone is 1. The average Bonchev–Trinajstić information content (AvgIpc) is 3.60. The van der Waals surface area contributed by atoms with Crippen molar-refractivity contribution in [3.63, 3.8) is 0 Å². The van der Waals surface area contributed by atoms with Crippen molar-refractivity contribution in [2.24, 2.45) is 0 Å². The zero-order valence-electron chi connectivity index (χ0n) is 21.1. The molecule has 0 aliphatic heterocycles. The first-order valence-corrected chi connectivity index (χ1v) is 18.1. The van der Waals surface area contributed by atoms with Crippen molar-refractivity contribution in [2.75, 3.05) is 0 Å². The molecule has 5 aromatic carbocycles. The van der Waals surface area contributed by atoms with E-state index < -0.39 is 0 Å². The van der Waals surface area contributed by atoms with Crippen LogP contribution in [0.2, 0.25) is 13.1 Å². The Hall–Kier alpha value is -1.70. The first-order chi connectivity index (χ1) is 16.6. The first-order valence-electron chi connectivity index (χ1n) is 11.9. The second-order valence-corrected chi connectivity index (χ2v) is 17.9. The van der Waals surface area contributed by atoms with Gasteiger partial charge in [0.1, 0.15) is 0 Å². The maximum absolute atomic E-state index is 3.89. The number of benzene rings is 3. The molecular weight excluding hydrogens is 575 g/mol. The molecule has 0 bridgehead atoms. The molecule has 1 unspecified atom stereocenters. The monoisotopic (exact) mass is 607 g/mol. The maximum atomic E-state index is 3.89. The summed E-state index contributed by atoms with van der Waals surface area (Å²) >= 11 is 1.74. The van der Waals surface area contributed by atoms with Gasteiger partial charge < -0.3 is 6.92 Å². The average molecular weight is 610 g/mol. The van der Waals surface area contributed by atoms with E-state index in [9.17, 15) is 0 Å². The van der Waals surface area contributed by atoms with Crippen LogP contribution in [0.15, 0.2) is 115 Å². The van der Waals surface area contributed by atoms with Crippen LogP contribution in [0.25, 0.3) is 27.6 Å². The molecule has 0 spiro atoms. The Bertz CT molecular complexity index is 1200. The van der Waals surface area contributed by atoms with E-state index in [1.165, 1.54) is 39.1 Å². The molecule has 0 N–H and O–H groups in total. The fourth-order valence-corrected chi connectivity index (χ4v) is 3.94. The summed E-state index contributed by atoms with van der Waals surface area (Å²) in [6.45, 7) is 8.51. The van der Waals surface area contributed by atoms with Crippen molar-refractivity contribution in [2.45, 2.75) is 31.9 Å². The molecule has 0 saturated carbocycles. The number of rotatable bonds is 2. The van der Waals surface area contributed by atoms with Gasteiger partial charge in [-0.2, -0.15) is 41.5 Å². The largest absolute Gasteiger partial charge is 0.343 e. The van der Waals surface area contributed by atoms with E-state index in [2.05, 4.69) is 141 Å². The molecule has 1 atom stereocenters. The third-order valence-corrected chi connectivity index (χ3v) is 5.51. The molecule has 0 fully saturated rings. The number of hydrogen-bond acceptors (Lipinski definition) is 0. The van der Waals surface area contributed by atoms with Crippen LogP contribution >= 0.6 is 24.8 Å². The summed E-state index contributed by atoms with van der Waals surface area (Å²) in [7, 11) is 0. The van der Waals surface area contributed by atoms with Crippen LogP contribution < -0.4 is 0 Å². The van der Waals surface area contributed by atoms with Gasteiger partial charge in [-0.1, -0.05) is 55.0 Å². The summed E-state index contributed by atoms with van der Waals surface area (Å²) < 4.78 is 0. The van der Waals surface area contributed by atoms with Gasteiger partial charge in [0, 0.05) is 5.92 Å². The molecule has 0 amide bonds. The van der Waals surface area contributed by atoms with Crippen molar-refractivity contribution >= 4 is 57.9 Å². The normalized spacial score (nSPS) is 12.3. The quantitative estimate of drug-likeness (QED) is 0.138. The Morgan fingerprint density at radius 1 is 0.750 bits per heavy atom. The summed E-state index contributed by atoms with van der Waals surface area (Å²) in [5.41, 5.74) is 3.07. The zero-order valence-corrected chi connectivity index (χ0v) is 26.2. The van der Waals surface area contributed by atoms with Crippen LogP contribution in [0.5, 0.6) is 0 Å². The minimum absolute atomic E-state index is 0. The Labute approximate surface area is 244 Å². The molecule has 188 valence electrons. The summed E-state index contributed by atoms with van der Waals surface area (Å²) in [5, 5.41) is 5.32. The topological polar surface area (TPSA) is 0 Å². The van der Waals surface area contributed by atoms with Crippen LogP contribution in [-0.4, -0.2) is 5.43 Å². The fourth-order valence-electron chi connectivity index (χ4n) is 3.94. The van der Waals surface area contributed by atoms with Gasteiger partial charge in [0.05, 0.1) is 0 Å². The maximum Gasteiger partial charge on any atom is 0.000289 e. The Balaban J connectivity index is 0.000000248. The van der Waals surface area contributed by atoms with Gasteiger partial charge in [0.2, 0.25) is 0 Å². The molecular formula is C32H35Cl2SiZr-3. The Morgan fingerprint density at radius 2 is 1.22 bits per heavy atom. The second kappa shape index (κ2) is 17.7. The zero-order chi connectivity index (χ0) is 24.2. The van der Waals surface area contributed by atoms with Gasteiger partial charge in [-0.05, 0) is 11.1 Å². The van der Waals surface area contributed by atoms with Crippen LogP contribution in [0.1, 0.15) is 29.9 Å². The first kappa shape index (κ1) is 32.3. The van der Waals surface area contributed by atoms with E-state index in [1.54, 1.807) is 23.3 Å². The van der Waals surface area contributed by atoms with E-state index in [0.717, 1.165) is 6.42 Å². The summed E-state index contributed by atoms with van der Waals surface area (Å²) in [6.07, 6.45) is 6.70. The van der Waals surface area contributed by atoms with Crippen molar-refractivity contribution in [3.8, 4) is 0 Å². The molecule has 6 rings (SSSR count). The molecule has 0 heterocycles. The molecule has 5 aromatic rings. The molecule has 0 saturated heterocycles. The van der Waals surface area contributed by atoms with Crippen LogP contribution in [0.4, 0.5) is 0 Å². The molecule has 4 heteroatoms. The molecule has 0 aromatic heterocycles. The summed E-state index contributed by atoms with van der Waals surface area (Å²) in [6, 6.07) is 37.9. The number of hydrogen-bond donors (Lipinski definition) is 0. The predicted molar refractivity (Wildman–Crippen MR) is 164 cm³/mol. The number of halogens is 2. The second-order valence-electron chi connectivity index (χ2n) is 8.55. The van der Waals surface area contributed by atoms with Gasteiger partial charge in [0.25, 0.3) is 0 Å². The predicted octanol–water partition coefficient (Wildman–Crippen LogP) is 10.2. The van der Waals surface area contributed by atoms with Crippen molar-refractivity contribution in [3.05, 3.63) is 133 Å².